The van der Waals surface area contributed by atoms with Gasteiger partial charge in [-0.1, -0.05) is 0 Å². The van der Waals surface area contributed by atoms with E-state index in [1.165, 1.54) is 6.07 Å². The van der Waals surface area contributed by atoms with Crippen molar-refractivity contribution in [2.45, 2.75) is 13.3 Å². The second kappa shape index (κ2) is 8.31. The van der Waals surface area contributed by atoms with Gasteiger partial charge in [0, 0.05) is 29.7 Å². The highest BCUT2D eigenvalue weighted by molar-refractivity contribution is 5.94. The lowest BCUT2D eigenvalue weighted by molar-refractivity contribution is 0.0948. The largest absolute Gasteiger partial charge is 0.497 e. The van der Waals surface area contributed by atoms with Gasteiger partial charge in [0.05, 0.1) is 19.4 Å². The van der Waals surface area contributed by atoms with Crippen molar-refractivity contribution in [3.63, 3.8) is 0 Å². The lowest BCUT2D eigenvalue weighted by Crippen LogP contribution is -2.27. The van der Waals surface area contributed by atoms with E-state index in [1.807, 2.05) is 30.5 Å². The molecule has 28 heavy (non-hydrogen) atoms. The lowest BCUT2D eigenvalue weighted by Gasteiger charge is -2.10. The summed E-state index contributed by atoms with van der Waals surface area (Å²) in [5.74, 6) is 0.475. The third-order valence-electron chi connectivity index (χ3n) is 4.30. The maximum atomic E-state index is 12.4. The number of nitrogen functional groups attached to an aromatic ring is 1. The number of pyridine rings is 1. The highest BCUT2D eigenvalue weighted by Crippen LogP contribution is 2.24. The van der Waals surface area contributed by atoms with E-state index < -0.39 is 0 Å². The van der Waals surface area contributed by atoms with Gasteiger partial charge in [0.2, 0.25) is 5.88 Å². The molecule has 8 heteroatoms. The molecule has 0 bridgehead atoms. The van der Waals surface area contributed by atoms with Gasteiger partial charge in [-0.05, 0) is 37.1 Å². The zero-order chi connectivity index (χ0) is 20.1. The van der Waals surface area contributed by atoms with Crippen LogP contribution in [0.1, 0.15) is 28.5 Å². The van der Waals surface area contributed by atoms with Gasteiger partial charge in [-0.25, -0.2) is 4.98 Å². The number of ether oxygens (including phenoxy) is 2. The number of carbonyl (C=O) groups is 1. The zero-order valence-corrected chi connectivity index (χ0v) is 15.7. The average molecular weight is 379 g/mol. The Morgan fingerprint density at radius 2 is 2.21 bits per heavy atom. The summed E-state index contributed by atoms with van der Waals surface area (Å²) in [7, 11) is 1.63. The average Bonchev–Trinajstić information content (AvgIpc) is 3.10. The fourth-order valence-electron chi connectivity index (χ4n) is 2.91. The number of aromatic nitrogens is 2. The molecule has 0 aliphatic carbocycles. The molecule has 1 amide bonds. The number of nitrogens with two attached hydrogens (primary N) is 1. The number of carbonyl (C=O) groups excluding carboxylic acids is 1. The number of rotatable bonds is 7. The number of amides is 1. The minimum atomic E-state index is -0.376. The van der Waals surface area contributed by atoms with Crippen LogP contribution >= 0.6 is 0 Å². The number of H-pyrrole nitrogens is 1. The smallest absolute Gasteiger partial charge is 0.270 e. The molecule has 4 N–H and O–H groups in total. The third-order valence-corrected chi connectivity index (χ3v) is 4.30. The zero-order valence-electron chi connectivity index (χ0n) is 15.7. The molecule has 0 radical (unpaired) electrons. The molecule has 0 fully saturated rings. The molecular formula is C20H21N5O3. The molecule has 0 atom stereocenters. The summed E-state index contributed by atoms with van der Waals surface area (Å²) in [6, 6.07) is 9.14. The summed E-state index contributed by atoms with van der Waals surface area (Å²) < 4.78 is 10.5. The van der Waals surface area contributed by atoms with Crippen molar-refractivity contribution >= 4 is 22.5 Å². The van der Waals surface area contributed by atoms with Crippen LogP contribution < -0.4 is 20.5 Å². The first-order valence-corrected chi connectivity index (χ1v) is 8.83. The van der Waals surface area contributed by atoms with Gasteiger partial charge in [-0.2, -0.15) is 5.26 Å². The molecule has 1 aromatic carbocycles. The van der Waals surface area contributed by atoms with Crippen LogP contribution in [0.5, 0.6) is 11.6 Å². The van der Waals surface area contributed by atoms with E-state index in [2.05, 4.69) is 15.3 Å². The number of methoxy groups -OCH3 is 1. The molecule has 0 saturated heterocycles. The summed E-state index contributed by atoms with van der Waals surface area (Å²) in [5, 5.41) is 13.1. The van der Waals surface area contributed by atoms with Crippen LogP contribution in [-0.4, -0.2) is 36.1 Å². The fraction of sp³-hybridized carbons (Fsp3) is 0.250. The molecule has 0 unspecified atom stereocenters. The summed E-state index contributed by atoms with van der Waals surface area (Å²) in [6.45, 7) is 2.50. The molecule has 0 saturated carbocycles. The van der Waals surface area contributed by atoms with Crippen LogP contribution in [0, 0.1) is 11.3 Å². The number of aromatic amines is 1. The second-order valence-corrected chi connectivity index (χ2v) is 6.05. The molecule has 0 aliphatic rings. The predicted octanol–water partition coefficient (Wildman–Crippen LogP) is 2.40. The van der Waals surface area contributed by atoms with E-state index in [-0.39, 0.29) is 28.7 Å². The van der Waals surface area contributed by atoms with Crippen LogP contribution in [0.2, 0.25) is 0 Å². The van der Waals surface area contributed by atoms with E-state index in [1.54, 1.807) is 14.0 Å². The number of anilines is 1. The molecule has 3 rings (SSSR count). The summed E-state index contributed by atoms with van der Waals surface area (Å²) in [4.78, 5) is 19.8. The van der Waals surface area contributed by atoms with Gasteiger partial charge in [0.25, 0.3) is 5.91 Å². The molecule has 2 heterocycles. The molecule has 2 aromatic heterocycles. The van der Waals surface area contributed by atoms with Crippen molar-refractivity contribution in [3.8, 4) is 17.7 Å². The number of nitriles is 1. The van der Waals surface area contributed by atoms with E-state index in [9.17, 15) is 4.79 Å². The Hall–Kier alpha value is -3.73. The van der Waals surface area contributed by atoms with Gasteiger partial charge in [0.1, 0.15) is 23.1 Å². The minimum Gasteiger partial charge on any atom is -0.497 e. The number of hydrogen-bond acceptors (Lipinski definition) is 6. The summed E-state index contributed by atoms with van der Waals surface area (Å²) >= 11 is 0. The molecule has 0 aliphatic heterocycles. The number of benzene rings is 1. The highest BCUT2D eigenvalue weighted by Gasteiger charge is 2.16. The molecule has 144 valence electrons. The third kappa shape index (κ3) is 3.83. The van der Waals surface area contributed by atoms with E-state index in [0.29, 0.717) is 19.6 Å². The van der Waals surface area contributed by atoms with Crippen molar-refractivity contribution in [2.75, 3.05) is 26.0 Å². The van der Waals surface area contributed by atoms with Crippen molar-refractivity contribution in [2.24, 2.45) is 0 Å². The predicted molar refractivity (Wildman–Crippen MR) is 105 cm³/mol. The van der Waals surface area contributed by atoms with Crippen molar-refractivity contribution in [3.05, 3.63) is 47.3 Å². The Bertz CT molecular complexity index is 1050. The Kier molecular flexibility index (Phi) is 5.65. The van der Waals surface area contributed by atoms with Crippen LogP contribution in [-0.2, 0) is 6.42 Å². The standard InChI is InChI=1S/C20H21N5O3/c1-3-28-20-15(10-21)16(22)9-18(25-20)19(26)23-7-6-12-11-24-17-8-13(27-2)4-5-14(12)17/h4-5,8-9,11,24H,3,6-7H2,1-2H3,(H2,22,25)(H,23,26). The molecular weight excluding hydrogens is 358 g/mol. The maximum Gasteiger partial charge on any atom is 0.270 e. The van der Waals surface area contributed by atoms with Gasteiger partial charge >= 0.3 is 0 Å². The van der Waals surface area contributed by atoms with Gasteiger partial charge in [0.15, 0.2) is 0 Å². The van der Waals surface area contributed by atoms with E-state index in [4.69, 9.17) is 20.5 Å². The Morgan fingerprint density at radius 3 is 2.93 bits per heavy atom. The number of nitrogens with zero attached hydrogens (tertiary/aromatic N) is 2. The first kappa shape index (κ1) is 19.0. The van der Waals surface area contributed by atoms with Crippen LogP contribution in [0.3, 0.4) is 0 Å². The first-order chi connectivity index (χ1) is 13.6. The monoisotopic (exact) mass is 379 g/mol. The Morgan fingerprint density at radius 1 is 1.39 bits per heavy atom. The second-order valence-electron chi connectivity index (χ2n) is 6.05. The summed E-state index contributed by atoms with van der Waals surface area (Å²) in [6.07, 6.45) is 2.56. The Labute approximate surface area is 162 Å². The molecule has 8 nitrogen and oxygen atoms in total. The van der Waals surface area contributed by atoms with Crippen molar-refractivity contribution in [1.29, 1.82) is 5.26 Å². The first-order valence-electron chi connectivity index (χ1n) is 8.83. The van der Waals surface area contributed by atoms with Crippen LogP contribution in [0.15, 0.2) is 30.5 Å². The van der Waals surface area contributed by atoms with Crippen molar-refractivity contribution < 1.29 is 14.3 Å². The SMILES string of the molecule is CCOc1nc(C(=O)NCCc2c[nH]c3cc(OC)ccc23)cc(N)c1C#N. The van der Waals surface area contributed by atoms with Gasteiger partial charge in [-0.3, -0.25) is 4.79 Å². The van der Waals surface area contributed by atoms with Gasteiger partial charge in [-0.15, -0.1) is 0 Å². The molecule has 0 spiro atoms. The number of nitrogens with one attached hydrogen (secondary N) is 2. The number of fused-ring (bicyclic) bond motifs is 1. The van der Waals surface area contributed by atoms with E-state index >= 15 is 0 Å². The van der Waals surface area contributed by atoms with Gasteiger partial charge < -0.3 is 25.5 Å². The highest BCUT2D eigenvalue weighted by atomic mass is 16.5. The van der Waals surface area contributed by atoms with E-state index in [0.717, 1.165) is 22.2 Å². The minimum absolute atomic E-state index is 0.0701. The maximum absolute atomic E-state index is 12.4. The Balaban J connectivity index is 1.69. The quantitative estimate of drug-likeness (QED) is 0.579. The van der Waals surface area contributed by atoms with Crippen LogP contribution in [0.4, 0.5) is 5.69 Å². The number of hydrogen-bond donors (Lipinski definition) is 3. The normalized spacial score (nSPS) is 10.5. The lowest BCUT2D eigenvalue weighted by atomic mass is 10.1. The van der Waals surface area contributed by atoms with Crippen LogP contribution in [0.25, 0.3) is 10.9 Å². The topological polar surface area (TPSA) is 126 Å². The summed E-state index contributed by atoms with van der Waals surface area (Å²) in [5.41, 5.74) is 8.32. The molecule has 3 aromatic rings. The fourth-order valence-corrected chi connectivity index (χ4v) is 2.91. The van der Waals surface area contributed by atoms with Crippen molar-refractivity contribution in [1.82, 2.24) is 15.3 Å².